The van der Waals surface area contributed by atoms with Crippen molar-refractivity contribution in [3.63, 3.8) is 0 Å². The first kappa shape index (κ1) is 20.2. The fourth-order valence-corrected chi connectivity index (χ4v) is 2.96. The van der Waals surface area contributed by atoms with Crippen molar-refractivity contribution in [1.82, 2.24) is 0 Å². The van der Waals surface area contributed by atoms with Crippen molar-refractivity contribution in [2.45, 2.75) is 19.2 Å². The van der Waals surface area contributed by atoms with E-state index in [1.165, 1.54) is 13.2 Å². The van der Waals surface area contributed by atoms with Gasteiger partial charge in [0.2, 0.25) is 0 Å². The van der Waals surface area contributed by atoms with Gasteiger partial charge in [0.15, 0.2) is 5.76 Å². The predicted molar refractivity (Wildman–Crippen MR) is 97.2 cm³/mol. The summed E-state index contributed by atoms with van der Waals surface area (Å²) in [7, 11) is 1.29. The molecule has 1 aromatic heterocycles. The zero-order chi connectivity index (χ0) is 21.2. The molecule has 3 rings (SSSR count). The topological polar surface area (TPSA) is 91.8 Å². The number of carbonyl (C=O) groups excluding carboxylic acids is 2. The SMILES string of the molecule is COC(=O)CCc1cccc(-c2c(C(N)=O)oc3ccc(OC(F)(F)F)cc23)c1. The monoisotopic (exact) mass is 407 g/mol. The lowest BCUT2D eigenvalue weighted by atomic mass is 9.98. The highest BCUT2D eigenvalue weighted by Gasteiger charge is 2.31. The van der Waals surface area contributed by atoms with Gasteiger partial charge in [0.05, 0.1) is 7.11 Å². The number of halogens is 3. The van der Waals surface area contributed by atoms with Crippen LogP contribution in [0.15, 0.2) is 46.9 Å². The number of fused-ring (bicyclic) bond motifs is 1. The number of furan rings is 1. The van der Waals surface area contributed by atoms with Gasteiger partial charge < -0.3 is 19.6 Å². The smallest absolute Gasteiger partial charge is 0.469 e. The van der Waals surface area contributed by atoms with Gasteiger partial charge in [-0.1, -0.05) is 24.3 Å². The first-order valence-electron chi connectivity index (χ1n) is 8.46. The van der Waals surface area contributed by atoms with E-state index in [1.54, 1.807) is 24.3 Å². The number of ether oxygens (including phenoxy) is 2. The van der Waals surface area contributed by atoms with Crippen molar-refractivity contribution in [3.05, 3.63) is 53.8 Å². The van der Waals surface area contributed by atoms with Gasteiger partial charge in [-0.05, 0) is 35.7 Å². The second-order valence-electron chi connectivity index (χ2n) is 6.15. The third-order valence-corrected chi connectivity index (χ3v) is 4.18. The molecule has 0 atom stereocenters. The van der Waals surface area contributed by atoms with Crippen molar-refractivity contribution >= 4 is 22.8 Å². The molecule has 0 saturated carbocycles. The molecule has 0 bridgehead atoms. The van der Waals surface area contributed by atoms with Crippen molar-refractivity contribution < 1.29 is 36.7 Å². The molecule has 1 heterocycles. The molecular formula is C20H16F3NO5. The highest BCUT2D eigenvalue weighted by molar-refractivity contribution is 6.07. The molecule has 2 aromatic carbocycles. The molecule has 6 nitrogen and oxygen atoms in total. The Labute approximate surface area is 163 Å². The van der Waals surface area contributed by atoms with Crippen LogP contribution in [-0.4, -0.2) is 25.3 Å². The van der Waals surface area contributed by atoms with Crippen LogP contribution < -0.4 is 10.5 Å². The number of alkyl halides is 3. The number of primary amides is 1. The Balaban J connectivity index is 2.09. The summed E-state index contributed by atoms with van der Waals surface area (Å²) >= 11 is 0. The Morgan fingerprint density at radius 3 is 2.55 bits per heavy atom. The molecule has 2 N–H and O–H groups in total. The molecule has 0 saturated heterocycles. The van der Waals surface area contributed by atoms with Crippen LogP contribution in [-0.2, 0) is 16.0 Å². The van der Waals surface area contributed by atoms with Crippen LogP contribution in [0.4, 0.5) is 13.2 Å². The van der Waals surface area contributed by atoms with Crippen molar-refractivity contribution in [3.8, 4) is 16.9 Å². The summed E-state index contributed by atoms with van der Waals surface area (Å²) in [5.41, 5.74) is 7.11. The largest absolute Gasteiger partial charge is 0.573 e. The maximum absolute atomic E-state index is 12.6. The Morgan fingerprint density at radius 1 is 1.14 bits per heavy atom. The Kier molecular flexibility index (Phi) is 5.49. The Hall–Kier alpha value is -3.49. The molecule has 1 amide bonds. The number of hydrogen-bond donors (Lipinski definition) is 1. The first-order valence-corrected chi connectivity index (χ1v) is 8.46. The van der Waals surface area contributed by atoms with E-state index in [0.717, 1.165) is 17.7 Å². The van der Waals surface area contributed by atoms with Gasteiger partial charge in [0.25, 0.3) is 5.91 Å². The van der Waals surface area contributed by atoms with Crippen LogP contribution in [0.25, 0.3) is 22.1 Å². The fourth-order valence-electron chi connectivity index (χ4n) is 2.96. The second kappa shape index (κ2) is 7.86. The van der Waals surface area contributed by atoms with Crippen LogP contribution >= 0.6 is 0 Å². The molecule has 29 heavy (non-hydrogen) atoms. The number of benzene rings is 2. The van der Waals surface area contributed by atoms with E-state index < -0.39 is 18.0 Å². The van der Waals surface area contributed by atoms with E-state index in [1.807, 2.05) is 0 Å². The van der Waals surface area contributed by atoms with Gasteiger partial charge in [-0.2, -0.15) is 0 Å². The average molecular weight is 407 g/mol. The Bertz CT molecular complexity index is 1070. The number of hydrogen-bond acceptors (Lipinski definition) is 5. The maximum atomic E-state index is 12.6. The molecular weight excluding hydrogens is 391 g/mol. The zero-order valence-corrected chi connectivity index (χ0v) is 15.2. The standard InChI is InChI=1S/C20H16F3NO5/c1-27-16(25)8-5-11-3-2-4-12(9-11)17-14-10-13(29-20(21,22)23)6-7-15(14)28-18(17)19(24)26/h2-4,6-7,9-10H,5,8H2,1H3,(H2,24,26). The summed E-state index contributed by atoms with van der Waals surface area (Å²) in [6.07, 6.45) is -4.33. The van der Waals surface area contributed by atoms with Gasteiger partial charge in [0.1, 0.15) is 11.3 Å². The summed E-state index contributed by atoms with van der Waals surface area (Å²) in [4.78, 5) is 23.2. The lowest BCUT2D eigenvalue weighted by Gasteiger charge is -2.09. The van der Waals surface area contributed by atoms with Gasteiger partial charge in [-0.3, -0.25) is 9.59 Å². The molecule has 9 heteroatoms. The van der Waals surface area contributed by atoms with Gasteiger partial charge in [-0.15, -0.1) is 13.2 Å². The van der Waals surface area contributed by atoms with Gasteiger partial charge in [0, 0.05) is 17.4 Å². The lowest BCUT2D eigenvalue weighted by Crippen LogP contribution is -2.16. The van der Waals surface area contributed by atoms with Gasteiger partial charge in [-0.25, -0.2) is 0 Å². The van der Waals surface area contributed by atoms with Crippen LogP contribution in [0.1, 0.15) is 22.5 Å². The number of amides is 1. The molecule has 0 spiro atoms. The third kappa shape index (κ3) is 4.68. The number of nitrogens with two attached hydrogens (primary N) is 1. The summed E-state index contributed by atoms with van der Waals surface area (Å²) in [5, 5.41) is 0.241. The minimum absolute atomic E-state index is 0.151. The molecule has 0 aliphatic carbocycles. The number of methoxy groups -OCH3 is 1. The third-order valence-electron chi connectivity index (χ3n) is 4.18. The van der Waals surface area contributed by atoms with E-state index in [2.05, 4.69) is 9.47 Å². The average Bonchev–Trinajstić information content (AvgIpc) is 3.04. The van der Waals surface area contributed by atoms with E-state index in [4.69, 9.17) is 10.2 Å². The van der Waals surface area contributed by atoms with Crippen molar-refractivity contribution in [2.24, 2.45) is 5.73 Å². The van der Waals surface area contributed by atoms with E-state index in [0.29, 0.717) is 12.0 Å². The number of esters is 1. The van der Waals surface area contributed by atoms with Crippen molar-refractivity contribution in [2.75, 3.05) is 7.11 Å². The van der Waals surface area contributed by atoms with E-state index >= 15 is 0 Å². The molecule has 152 valence electrons. The minimum atomic E-state index is -4.86. The van der Waals surface area contributed by atoms with Crippen LogP contribution in [0.5, 0.6) is 5.75 Å². The predicted octanol–water partition coefficient (Wildman–Crippen LogP) is 4.20. The summed E-state index contributed by atoms with van der Waals surface area (Å²) in [5.74, 6) is -1.88. The lowest BCUT2D eigenvalue weighted by molar-refractivity contribution is -0.274. The molecule has 0 aliphatic heterocycles. The zero-order valence-electron chi connectivity index (χ0n) is 15.2. The summed E-state index contributed by atoms with van der Waals surface area (Å²) in [6.45, 7) is 0. The summed E-state index contributed by atoms with van der Waals surface area (Å²) in [6, 6.07) is 10.3. The molecule has 0 unspecified atom stereocenters. The van der Waals surface area contributed by atoms with Gasteiger partial charge >= 0.3 is 12.3 Å². The van der Waals surface area contributed by atoms with E-state index in [9.17, 15) is 22.8 Å². The van der Waals surface area contributed by atoms with Crippen molar-refractivity contribution in [1.29, 1.82) is 0 Å². The highest BCUT2D eigenvalue weighted by atomic mass is 19.4. The Morgan fingerprint density at radius 2 is 1.90 bits per heavy atom. The van der Waals surface area contributed by atoms with E-state index in [-0.39, 0.29) is 34.7 Å². The first-order chi connectivity index (χ1) is 13.7. The molecule has 0 fully saturated rings. The second-order valence-corrected chi connectivity index (χ2v) is 6.15. The summed E-state index contributed by atoms with van der Waals surface area (Å²) < 4.78 is 51.8. The number of aryl methyl sites for hydroxylation is 1. The maximum Gasteiger partial charge on any atom is 0.573 e. The van der Waals surface area contributed by atoms with Crippen LogP contribution in [0, 0.1) is 0 Å². The fraction of sp³-hybridized carbons (Fsp3) is 0.200. The van der Waals surface area contributed by atoms with Crippen LogP contribution in [0.3, 0.4) is 0 Å². The molecule has 3 aromatic rings. The normalized spacial score (nSPS) is 11.4. The highest BCUT2D eigenvalue weighted by Crippen LogP contribution is 2.38. The quantitative estimate of drug-likeness (QED) is 0.619. The van der Waals surface area contributed by atoms with Crippen LogP contribution in [0.2, 0.25) is 0 Å². The molecule has 0 radical (unpaired) electrons. The molecule has 0 aliphatic rings. The minimum Gasteiger partial charge on any atom is -0.469 e. The number of rotatable bonds is 6. The number of carbonyl (C=O) groups is 2.